The number of nitrogens with zero attached hydrogens (tertiary/aromatic N) is 3. The van der Waals surface area contributed by atoms with Gasteiger partial charge in [-0.15, -0.1) is 0 Å². The molecule has 2 unspecified atom stereocenters. The minimum absolute atomic E-state index is 0.0150. The summed E-state index contributed by atoms with van der Waals surface area (Å²) in [6, 6.07) is 0.773. The normalized spacial score (nSPS) is 33.5. The Morgan fingerprint density at radius 3 is 1.38 bits per heavy atom. The van der Waals surface area contributed by atoms with E-state index in [2.05, 4.69) is 37.5 Å². The number of hydrogen-bond donors (Lipinski definition) is 2. The molecule has 3 rings (SSSR count). The van der Waals surface area contributed by atoms with Gasteiger partial charge < -0.3 is 10.8 Å². The van der Waals surface area contributed by atoms with Gasteiger partial charge in [0.25, 0.3) is 0 Å². The maximum Gasteiger partial charge on any atom is 0.149 e. The van der Waals surface area contributed by atoms with Crippen molar-refractivity contribution in [2.24, 2.45) is 23.5 Å². The molecule has 3 heterocycles. The summed E-state index contributed by atoms with van der Waals surface area (Å²) >= 11 is 0. The number of carbonyl (C=O) groups is 4. The van der Waals surface area contributed by atoms with Crippen LogP contribution < -0.4 is 5.73 Å². The number of likely N-dealkylation sites (N-methyl/N-ethyl adjacent to an activating group) is 3. The molecule has 45 heavy (non-hydrogen) atoms. The Morgan fingerprint density at radius 2 is 1.02 bits per heavy atom. The Morgan fingerprint density at radius 1 is 0.644 bits per heavy atom. The van der Waals surface area contributed by atoms with Crippen molar-refractivity contribution in [3.05, 3.63) is 0 Å². The SMILES string of the molecule is CCC(=O)[C@H]1[C@H](CC)C[C@H](C(C)=O)N1C.CCC(N)[C@H]1[C@H](CC)C[C@H](C(C)=O)N1C.CCC(O)[C@H]1[C@H](CC)C[C@H](C(C)=O)N1C. The van der Waals surface area contributed by atoms with Crippen molar-refractivity contribution in [3.63, 3.8) is 0 Å². The first-order chi connectivity index (χ1) is 21.1. The van der Waals surface area contributed by atoms with Crippen LogP contribution in [0, 0.1) is 17.8 Å². The number of ketones is 4. The Balaban J connectivity index is 0.000000337. The van der Waals surface area contributed by atoms with E-state index in [9.17, 15) is 24.3 Å². The fourth-order valence-corrected chi connectivity index (χ4v) is 8.36. The van der Waals surface area contributed by atoms with E-state index in [0.29, 0.717) is 30.2 Å². The van der Waals surface area contributed by atoms with Crippen LogP contribution in [0.5, 0.6) is 0 Å². The van der Waals surface area contributed by atoms with Crippen LogP contribution in [-0.4, -0.2) is 112 Å². The van der Waals surface area contributed by atoms with Gasteiger partial charge in [-0.1, -0.05) is 60.8 Å². The molecule has 3 N–H and O–H groups in total. The summed E-state index contributed by atoms with van der Waals surface area (Å²) in [5.74, 6) is 2.35. The first-order valence-corrected chi connectivity index (χ1v) is 17.7. The first kappa shape index (κ1) is 41.5. The van der Waals surface area contributed by atoms with Crippen molar-refractivity contribution < 1.29 is 24.3 Å². The van der Waals surface area contributed by atoms with E-state index in [-0.39, 0.29) is 65.5 Å². The van der Waals surface area contributed by atoms with Crippen molar-refractivity contribution in [1.82, 2.24) is 14.7 Å². The third-order valence-corrected chi connectivity index (χ3v) is 11.2. The maximum absolute atomic E-state index is 11.8. The highest BCUT2D eigenvalue weighted by Gasteiger charge is 2.44. The fraction of sp³-hybridized carbons (Fsp3) is 0.889. The Kier molecular flexibility index (Phi) is 17.8. The molecular formula is C36H68N4O5. The molecule has 9 heteroatoms. The van der Waals surface area contributed by atoms with Gasteiger partial charge in [-0.25, -0.2) is 0 Å². The zero-order valence-electron chi connectivity index (χ0n) is 30.7. The molecule has 3 saturated heterocycles. The van der Waals surface area contributed by atoms with Gasteiger partial charge in [-0.2, -0.15) is 0 Å². The number of aliphatic hydroxyl groups excluding tert-OH is 1. The maximum atomic E-state index is 11.8. The molecule has 0 aliphatic carbocycles. The average molecular weight is 637 g/mol. The van der Waals surface area contributed by atoms with E-state index in [1.54, 1.807) is 20.8 Å². The molecule has 0 aromatic carbocycles. The Bertz CT molecular complexity index is 912. The number of nitrogens with two attached hydrogens (primary N) is 1. The molecule has 0 spiro atoms. The van der Waals surface area contributed by atoms with Crippen LogP contribution in [0.15, 0.2) is 0 Å². The van der Waals surface area contributed by atoms with Crippen molar-refractivity contribution in [2.45, 2.75) is 168 Å². The molecule has 3 fully saturated rings. The van der Waals surface area contributed by atoms with Crippen LogP contribution in [0.25, 0.3) is 0 Å². The summed E-state index contributed by atoms with van der Waals surface area (Å²) < 4.78 is 0. The van der Waals surface area contributed by atoms with Gasteiger partial charge in [0.1, 0.15) is 23.1 Å². The van der Waals surface area contributed by atoms with Crippen LogP contribution in [-0.2, 0) is 19.2 Å². The molecular weight excluding hydrogens is 568 g/mol. The quantitative estimate of drug-likeness (QED) is 0.318. The second kappa shape index (κ2) is 19.3. The van der Waals surface area contributed by atoms with Crippen LogP contribution in [0.1, 0.15) is 120 Å². The minimum Gasteiger partial charge on any atom is -0.391 e. The first-order valence-electron chi connectivity index (χ1n) is 17.7. The van der Waals surface area contributed by atoms with Gasteiger partial charge in [0, 0.05) is 24.5 Å². The van der Waals surface area contributed by atoms with Crippen molar-refractivity contribution in [2.75, 3.05) is 21.1 Å². The molecule has 3 aliphatic rings. The van der Waals surface area contributed by atoms with Crippen molar-refractivity contribution in [1.29, 1.82) is 0 Å². The van der Waals surface area contributed by atoms with Crippen LogP contribution in [0.4, 0.5) is 0 Å². The molecule has 0 aromatic rings. The summed E-state index contributed by atoms with van der Waals surface area (Å²) in [6.45, 7) is 17.4. The van der Waals surface area contributed by atoms with E-state index in [1.165, 1.54) is 0 Å². The number of Topliss-reactive ketones (excluding diaryl/α,β-unsaturated/α-hetero) is 4. The lowest BCUT2D eigenvalue weighted by molar-refractivity contribution is -0.126. The van der Waals surface area contributed by atoms with E-state index in [4.69, 9.17) is 5.73 Å². The second-order valence-corrected chi connectivity index (χ2v) is 13.9. The molecule has 3 aliphatic heterocycles. The molecule has 0 radical (unpaired) electrons. The van der Waals surface area contributed by atoms with Gasteiger partial charge in [-0.05, 0) is 91.8 Å². The van der Waals surface area contributed by atoms with E-state index >= 15 is 0 Å². The van der Waals surface area contributed by atoms with Gasteiger partial charge in [-0.3, -0.25) is 33.9 Å². The molecule has 0 aromatic heterocycles. The molecule has 0 amide bonds. The summed E-state index contributed by atoms with van der Waals surface area (Å²) in [5.41, 5.74) is 6.14. The van der Waals surface area contributed by atoms with E-state index in [0.717, 1.165) is 51.4 Å². The summed E-state index contributed by atoms with van der Waals surface area (Å²) in [6.07, 6.45) is 7.88. The number of rotatable bonds is 12. The monoisotopic (exact) mass is 637 g/mol. The topological polar surface area (TPSA) is 124 Å². The highest BCUT2D eigenvalue weighted by molar-refractivity contribution is 5.88. The average Bonchev–Trinajstić information content (AvgIpc) is 3.66. The number of likely N-dealkylation sites (tertiary alicyclic amines) is 3. The molecule has 262 valence electrons. The lowest BCUT2D eigenvalue weighted by Gasteiger charge is -2.31. The largest absolute Gasteiger partial charge is 0.391 e. The van der Waals surface area contributed by atoms with Gasteiger partial charge in [0.15, 0.2) is 0 Å². The number of carbonyl (C=O) groups excluding carboxylic acids is 4. The standard InChI is InChI=1S/C12H24N2O.C12H23NO2.C12H21NO2/c1-5-9-7-11(8(3)15)14(4)12(9)10(13)6-2;2*1-5-9-7-10(8(3)14)13(4)12(9)11(15)6-2/h9-12H,5-7,13H2,1-4H3;9-12,15H,5-7H2,1-4H3;9-10,12H,5-7H2,1-4H3/t9-,10?,11-,12-;9-,10-,11?,12-;9-,10-,12-/m111/s1. The zero-order valence-corrected chi connectivity index (χ0v) is 30.7. The number of aliphatic hydroxyl groups is 1. The van der Waals surface area contributed by atoms with Gasteiger partial charge in [0.2, 0.25) is 0 Å². The highest BCUT2D eigenvalue weighted by atomic mass is 16.3. The molecule has 0 saturated carbocycles. The van der Waals surface area contributed by atoms with E-state index < -0.39 is 0 Å². The Hall–Kier alpha value is -1.52. The smallest absolute Gasteiger partial charge is 0.149 e. The zero-order chi connectivity index (χ0) is 34.8. The second-order valence-electron chi connectivity index (χ2n) is 13.9. The summed E-state index contributed by atoms with van der Waals surface area (Å²) in [7, 11) is 5.91. The van der Waals surface area contributed by atoms with Crippen LogP contribution in [0.2, 0.25) is 0 Å². The van der Waals surface area contributed by atoms with Crippen molar-refractivity contribution in [3.8, 4) is 0 Å². The number of hydrogen-bond acceptors (Lipinski definition) is 9. The van der Waals surface area contributed by atoms with E-state index in [1.807, 2.05) is 39.9 Å². The molecule has 9 nitrogen and oxygen atoms in total. The van der Waals surface area contributed by atoms with Gasteiger partial charge in [0.05, 0.1) is 30.3 Å². The third-order valence-electron chi connectivity index (χ3n) is 11.2. The lowest BCUT2D eigenvalue weighted by Crippen LogP contribution is -2.48. The molecule has 0 bridgehead atoms. The fourth-order valence-electron chi connectivity index (χ4n) is 8.36. The van der Waals surface area contributed by atoms with Crippen molar-refractivity contribution >= 4 is 23.1 Å². The van der Waals surface area contributed by atoms with Gasteiger partial charge >= 0.3 is 0 Å². The van der Waals surface area contributed by atoms with Crippen LogP contribution >= 0.6 is 0 Å². The molecule has 11 atom stereocenters. The third kappa shape index (κ3) is 10.2. The summed E-state index contributed by atoms with van der Waals surface area (Å²) in [5, 5.41) is 9.98. The Labute approximate surface area is 275 Å². The highest BCUT2D eigenvalue weighted by Crippen LogP contribution is 2.35. The predicted octanol–water partition coefficient (Wildman–Crippen LogP) is 4.51. The predicted molar refractivity (Wildman–Crippen MR) is 183 cm³/mol. The lowest BCUT2D eigenvalue weighted by atomic mass is 9.90. The van der Waals surface area contributed by atoms with Crippen LogP contribution in [0.3, 0.4) is 0 Å². The minimum atomic E-state index is -0.302. The summed E-state index contributed by atoms with van der Waals surface area (Å²) in [4.78, 5) is 52.4.